The number of aryl methyl sites for hydroxylation is 1. The van der Waals surface area contributed by atoms with E-state index in [9.17, 15) is 9.59 Å². The van der Waals surface area contributed by atoms with E-state index in [-0.39, 0.29) is 17.4 Å². The van der Waals surface area contributed by atoms with Crippen molar-refractivity contribution in [3.63, 3.8) is 0 Å². The van der Waals surface area contributed by atoms with E-state index in [1.54, 1.807) is 12.3 Å². The van der Waals surface area contributed by atoms with E-state index >= 15 is 0 Å². The first-order valence-electron chi connectivity index (χ1n) is 14.4. The molecule has 0 aliphatic carbocycles. The number of hydrogen-bond donors (Lipinski definition) is 0. The van der Waals surface area contributed by atoms with Crippen molar-refractivity contribution in [2.45, 2.75) is 70.9 Å². The number of carbonyl (C=O) groups excluding carboxylic acids is 2. The highest BCUT2D eigenvalue weighted by molar-refractivity contribution is 5.92. The molecule has 1 amide bonds. The second-order valence-electron chi connectivity index (χ2n) is 12.2. The van der Waals surface area contributed by atoms with Crippen LogP contribution in [0.4, 0.5) is 10.5 Å². The number of likely N-dealkylation sites (tertiary alicyclic amines) is 2. The Kier molecular flexibility index (Phi) is 6.80. The van der Waals surface area contributed by atoms with E-state index < -0.39 is 0 Å². The lowest BCUT2D eigenvalue weighted by Crippen LogP contribution is -2.53. The average Bonchev–Trinajstić information content (AvgIpc) is 3.65. The smallest absolute Gasteiger partial charge is 0.344 e. The second kappa shape index (κ2) is 10.1. The van der Waals surface area contributed by atoms with E-state index in [4.69, 9.17) is 4.74 Å². The number of aromatic nitrogens is 2. The van der Waals surface area contributed by atoms with E-state index in [1.807, 2.05) is 4.90 Å². The Morgan fingerprint density at radius 1 is 0.974 bits per heavy atom. The summed E-state index contributed by atoms with van der Waals surface area (Å²) in [6.45, 7) is 11.4. The Morgan fingerprint density at radius 3 is 2.50 bits per heavy atom. The third kappa shape index (κ3) is 4.89. The summed E-state index contributed by atoms with van der Waals surface area (Å²) in [4.78, 5) is 31.8. The largest absolute Gasteiger partial charge is 0.381 e. The summed E-state index contributed by atoms with van der Waals surface area (Å²) in [5.74, 6) is -0.122. The number of ketones is 1. The van der Waals surface area contributed by atoms with Crippen LogP contribution in [0.1, 0.15) is 73.5 Å². The molecule has 1 aromatic carbocycles. The van der Waals surface area contributed by atoms with Crippen LogP contribution in [-0.4, -0.2) is 82.9 Å². The number of rotatable bonds is 4. The van der Waals surface area contributed by atoms with Gasteiger partial charge in [-0.2, -0.15) is 9.78 Å². The van der Waals surface area contributed by atoms with Crippen molar-refractivity contribution in [3.05, 3.63) is 47.3 Å². The van der Waals surface area contributed by atoms with Crippen molar-refractivity contribution in [3.8, 4) is 0 Å². The Hall–Kier alpha value is -2.71. The zero-order valence-electron chi connectivity index (χ0n) is 23.0. The summed E-state index contributed by atoms with van der Waals surface area (Å²) >= 11 is 0. The summed E-state index contributed by atoms with van der Waals surface area (Å²) in [6.07, 6.45) is 9.63. The molecule has 0 bridgehead atoms. The lowest BCUT2D eigenvalue weighted by molar-refractivity contribution is 0.0254. The molecule has 8 nitrogen and oxygen atoms in total. The first-order valence-corrected chi connectivity index (χ1v) is 14.4. The molecular formula is C30H41N5O3. The Morgan fingerprint density at radius 2 is 1.76 bits per heavy atom. The quantitative estimate of drug-likeness (QED) is 0.554. The monoisotopic (exact) mass is 519 g/mol. The molecule has 4 aliphatic rings. The van der Waals surface area contributed by atoms with Crippen LogP contribution in [0.25, 0.3) is 0 Å². The zero-order chi connectivity index (χ0) is 26.3. The molecule has 0 atom stereocenters. The molecule has 0 radical (unpaired) electrons. The molecule has 0 saturated carbocycles. The minimum atomic E-state index is -0.131. The van der Waals surface area contributed by atoms with Gasteiger partial charge in [-0.15, -0.1) is 0 Å². The van der Waals surface area contributed by atoms with Crippen LogP contribution >= 0.6 is 0 Å². The summed E-state index contributed by atoms with van der Waals surface area (Å²) in [5, 5.41) is 4.18. The molecule has 0 N–H and O–H groups in total. The highest BCUT2D eigenvalue weighted by atomic mass is 16.5. The highest BCUT2D eigenvalue weighted by Crippen LogP contribution is 2.43. The molecule has 2 spiro atoms. The molecule has 6 rings (SSSR count). The maximum absolute atomic E-state index is 13.0. The van der Waals surface area contributed by atoms with Crippen LogP contribution in [0.3, 0.4) is 0 Å². The van der Waals surface area contributed by atoms with Gasteiger partial charge in [-0.3, -0.25) is 9.69 Å². The van der Waals surface area contributed by atoms with Gasteiger partial charge in [-0.05, 0) is 93.2 Å². The van der Waals surface area contributed by atoms with Crippen molar-refractivity contribution >= 4 is 17.5 Å². The maximum atomic E-state index is 13.0. The lowest BCUT2D eigenvalue weighted by atomic mass is 9.80. The Labute approximate surface area is 225 Å². The first-order chi connectivity index (χ1) is 18.3. The van der Waals surface area contributed by atoms with Crippen LogP contribution in [0, 0.1) is 12.3 Å². The summed E-state index contributed by atoms with van der Waals surface area (Å²) < 4.78 is 6.97. The van der Waals surface area contributed by atoms with E-state index in [0.717, 1.165) is 65.3 Å². The van der Waals surface area contributed by atoms with Gasteiger partial charge < -0.3 is 14.5 Å². The fourth-order valence-corrected chi connectivity index (χ4v) is 7.39. The molecule has 38 heavy (non-hydrogen) atoms. The number of anilines is 1. The summed E-state index contributed by atoms with van der Waals surface area (Å²) in [5.41, 5.74) is 5.06. The molecule has 8 heteroatoms. The normalized spacial score (nSPS) is 23.0. The molecular weight excluding hydrogens is 478 g/mol. The zero-order valence-corrected chi connectivity index (χ0v) is 23.0. The summed E-state index contributed by atoms with van der Waals surface area (Å²) in [7, 11) is 0. The third-order valence-electron chi connectivity index (χ3n) is 9.70. The van der Waals surface area contributed by atoms with Crippen LogP contribution in [0.5, 0.6) is 0 Å². The predicted octanol–water partition coefficient (Wildman–Crippen LogP) is 4.50. The van der Waals surface area contributed by atoms with E-state index in [1.165, 1.54) is 60.5 Å². The number of hydrogen-bond acceptors (Lipinski definition) is 6. The number of carbonyl (C=O) groups is 2. The van der Waals surface area contributed by atoms with Gasteiger partial charge in [-0.1, -0.05) is 6.07 Å². The molecule has 4 fully saturated rings. The van der Waals surface area contributed by atoms with Crippen LogP contribution < -0.4 is 4.90 Å². The van der Waals surface area contributed by atoms with Gasteiger partial charge in [0.25, 0.3) is 0 Å². The van der Waals surface area contributed by atoms with E-state index in [0.29, 0.717) is 11.1 Å². The van der Waals surface area contributed by atoms with Gasteiger partial charge in [0.1, 0.15) is 5.69 Å². The fraction of sp³-hybridized carbons (Fsp3) is 0.633. The highest BCUT2D eigenvalue weighted by Gasteiger charge is 2.44. The average molecular weight is 520 g/mol. The van der Waals surface area contributed by atoms with Crippen molar-refractivity contribution in [2.75, 3.05) is 50.8 Å². The SMILES string of the molecule is CC(=O)c1ccn(C(=O)N2CCC3(CCCN3Cc3cc(C)cc(N4CCC5(CCOCC5)C4)c3)CC2)n1. The topological polar surface area (TPSA) is 70.9 Å². The van der Waals surface area contributed by atoms with Gasteiger partial charge >= 0.3 is 6.03 Å². The number of nitrogens with zero attached hydrogens (tertiary/aromatic N) is 5. The van der Waals surface area contributed by atoms with Crippen LogP contribution in [0.2, 0.25) is 0 Å². The lowest BCUT2D eigenvalue weighted by Gasteiger charge is -2.45. The number of ether oxygens (including phenoxy) is 1. The molecule has 204 valence electrons. The van der Waals surface area contributed by atoms with Crippen LogP contribution in [-0.2, 0) is 11.3 Å². The van der Waals surface area contributed by atoms with Gasteiger partial charge in [0.2, 0.25) is 0 Å². The second-order valence-corrected chi connectivity index (χ2v) is 12.2. The predicted molar refractivity (Wildman–Crippen MR) is 147 cm³/mol. The Bertz CT molecular complexity index is 1190. The number of benzene rings is 1. The molecule has 1 aromatic heterocycles. The Balaban J connectivity index is 1.11. The summed E-state index contributed by atoms with van der Waals surface area (Å²) in [6, 6.07) is 8.64. The third-order valence-corrected chi connectivity index (χ3v) is 9.70. The van der Waals surface area contributed by atoms with Gasteiger partial charge in [0, 0.05) is 70.3 Å². The van der Waals surface area contributed by atoms with Gasteiger partial charge in [-0.25, -0.2) is 4.79 Å². The van der Waals surface area contributed by atoms with Crippen molar-refractivity contribution < 1.29 is 14.3 Å². The number of amides is 1. The van der Waals surface area contributed by atoms with Crippen molar-refractivity contribution in [1.82, 2.24) is 19.6 Å². The van der Waals surface area contributed by atoms with Gasteiger partial charge in [0.05, 0.1) is 0 Å². The number of piperidine rings is 1. The molecule has 2 aromatic rings. The fourth-order valence-electron chi connectivity index (χ4n) is 7.39. The van der Waals surface area contributed by atoms with Crippen molar-refractivity contribution in [2.24, 2.45) is 5.41 Å². The number of Topliss-reactive ketones (excluding diaryl/α,β-unsaturated/α-hetero) is 1. The van der Waals surface area contributed by atoms with Gasteiger partial charge in [0.15, 0.2) is 5.78 Å². The molecule has 0 unspecified atom stereocenters. The minimum Gasteiger partial charge on any atom is -0.381 e. The molecule has 4 aliphatic heterocycles. The minimum absolute atomic E-state index is 0.122. The standard InChI is InChI=1S/C30H41N5O3/c1-23-18-25(20-26(19-23)33-13-6-29(22-33)9-16-38-17-10-29)21-34-11-3-5-30(34)7-14-32(15-8-30)28(37)35-12-4-27(31-35)24(2)36/h4,12,18-20H,3,5-11,13-17,21-22H2,1-2H3. The molecule has 4 saturated heterocycles. The van der Waals surface area contributed by atoms with Crippen molar-refractivity contribution in [1.29, 1.82) is 0 Å². The molecule has 5 heterocycles. The van der Waals surface area contributed by atoms with Crippen LogP contribution in [0.15, 0.2) is 30.5 Å². The first kappa shape index (κ1) is 25.6. The maximum Gasteiger partial charge on any atom is 0.344 e. The van der Waals surface area contributed by atoms with E-state index in [2.05, 4.69) is 40.0 Å².